The predicted molar refractivity (Wildman–Crippen MR) is 93.4 cm³/mol. The normalized spacial score (nSPS) is 34.3. The predicted octanol–water partition coefficient (Wildman–Crippen LogP) is 5.55. The number of fused-ring (bicyclic) bond motifs is 3. The summed E-state index contributed by atoms with van der Waals surface area (Å²) in [6.07, 6.45) is 3.70. The van der Waals surface area contributed by atoms with E-state index in [1.807, 2.05) is 6.92 Å². The molecule has 116 valence electrons. The third-order valence-electron chi connectivity index (χ3n) is 4.18. The molecule has 0 N–H and O–H groups in total. The summed E-state index contributed by atoms with van der Waals surface area (Å²) >= 11 is 23.1. The number of ketones is 1. The smallest absolute Gasteiger partial charge is 0.197 e. The van der Waals surface area contributed by atoms with Gasteiger partial charge in [-0.2, -0.15) is 0 Å². The summed E-state index contributed by atoms with van der Waals surface area (Å²) < 4.78 is 4.35. The highest BCUT2D eigenvalue weighted by molar-refractivity contribution is 9.39. The number of carbonyl (C=O) groups is 1. The van der Waals surface area contributed by atoms with Gasteiger partial charge >= 0.3 is 0 Å². The van der Waals surface area contributed by atoms with Crippen molar-refractivity contribution in [2.45, 2.75) is 57.7 Å². The minimum Gasteiger partial charge on any atom is -0.366 e. The molecular weight excluding hydrogens is 499 g/mol. The fraction of sp³-hybridized carbons (Fsp3) is 0.923. The topological polar surface area (TPSA) is 26.3 Å². The largest absolute Gasteiger partial charge is 0.366 e. The van der Waals surface area contributed by atoms with E-state index in [9.17, 15) is 4.79 Å². The number of hydrogen-bond acceptors (Lipinski definition) is 2. The molecule has 2 saturated heterocycles. The van der Waals surface area contributed by atoms with Gasteiger partial charge in [0, 0.05) is 5.92 Å². The van der Waals surface area contributed by atoms with Crippen LogP contribution >= 0.6 is 71.0 Å². The second kappa shape index (κ2) is 6.64. The molecule has 1 aliphatic carbocycles. The van der Waals surface area contributed by atoms with E-state index in [4.69, 9.17) is 27.9 Å². The Morgan fingerprint density at radius 3 is 2.40 bits per heavy atom. The van der Waals surface area contributed by atoms with Crippen LogP contribution in [0.3, 0.4) is 0 Å². The second-order valence-corrected chi connectivity index (χ2v) is 14.1. The Balaban J connectivity index is 2.10. The number of hydrogen-bond donors (Lipinski definition) is 0. The highest BCUT2D eigenvalue weighted by Gasteiger charge is 2.53. The molecule has 0 amide bonds. The maximum absolute atomic E-state index is 12.5. The lowest BCUT2D eigenvalue weighted by Crippen LogP contribution is -2.55. The van der Waals surface area contributed by atoms with Gasteiger partial charge in [0.25, 0.3) is 0 Å². The quantitative estimate of drug-likeness (QED) is 0.459. The van der Waals surface area contributed by atoms with E-state index in [0.29, 0.717) is 6.42 Å². The Morgan fingerprint density at radius 2 is 1.95 bits per heavy atom. The molecule has 2 nitrogen and oxygen atoms in total. The summed E-state index contributed by atoms with van der Waals surface area (Å²) in [6.45, 7) is 1.96. The van der Waals surface area contributed by atoms with E-state index in [-0.39, 0.29) is 25.9 Å². The van der Waals surface area contributed by atoms with Crippen LogP contribution in [0.1, 0.15) is 39.0 Å². The van der Waals surface area contributed by atoms with Gasteiger partial charge in [0.1, 0.15) is 8.25 Å². The van der Waals surface area contributed by atoms with Gasteiger partial charge in [-0.3, -0.25) is 4.79 Å². The zero-order valence-corrected chi connectivity index (χ0v) is 17.3. The molecule has 0 spiro atoms. The fourth-order valence-electron chi connectivity index (χ4n) is 3.18. The van der Waals surface area contributed by atoms with Crippen molar-refractivity contribution in [1.82, 2.24) is 0 Å². The van der Waals surface area contributed by atoms with Gasteiger partial charge in [-0.15, -0.1) is 0 Å². The van der Waals surface area contributed by atoms with Gasteiger partial charge < -0.3 is 4.74 Å². The summed E-state index contributed by atoms with van der Waals surface area (Å²) in [7, 11) is 0. The number of Topliss-reactive ketones (excluding diaryl/α,β-unsaturated/α-hetero) is 1. The Labute approximate surface area is 155 Å². The van der Waals surface area contributed by atoms with Crippen LogP contribution in [0.15, 0.2) is 0 Å². The van der Waals surface area contributed by atoms with Crippen molar-refractivity contribution >= 4 is 76.8 Å². The molecule has 2 aliphatic heterocycles. The lowest BCUT2D eigenvalue weighted by molar-refractivity contribution is -0.171. The molecule has 1 saturated carbocycles. The van der Waals surface area contributed by atoms with E-state index < -0.39 is 10.4 Å². The number of ether oxygens (including phenoxy) is 1. The second-order valence-electron chi connectivity index (χ2n) is 5.64. The summed E-state index contributed by atoms with van der Waals surface area (Å²) in [5, 5.41) is 0. The van der Waals surface area contributed by atoms with Crippen molar-refractivity contribution < 1.29 is 9.53 Å². The Hall–Kier alpha value is 1.65. The zero-order valence-electron chi connectivity index (χ0n) is 11.1. The molecule has 7 heteroatoms. The molecule has 0 aromatic heterocycles. The molecule has 0 aromatic carbocycles. The summed E-state index contributed by atoms with van der Waals surface area (Å²) in [4.78, 5) is 12.5. The maximum atomic E-state index is 12.5. The minimum absolute atomic E-state index is 0.0397. The molecule has 4 unspecified atom stereocenters. The maximum Gasteiger partial charge on any atom is 0.197 e. The van der Waals surface area contributed by atoms with E-state index in [1.54, 1.807) is 0 Å². The molecule has 20 heavy (non-hydrogen) atoms. The summed E-state index contributed by atoms with van der Waals surface area (Å²) in [5.74, 6) is 0.301. The van der Waals surface area contributed by atoms with Crippen LogP contribution < -0.4 is 0 Å². The number of carbonyl (C=O) groups excluding carboxylic acids is 1. The third kappa shape index (κ3) is 3.76. The van der Waals surface area contributed by atoms with Crippen molar-refractivity contribution in [3.8, 4) is 0 Å². The van der Waals surface area contributed by atoms with Crippen LogP contribution in [0.5, 0.6) is 0 Å². The minimum atomic E-state index is -1.32. The van der Waals surface area contributed by atoms with E-state index >= 15 is 0 Å². The van der Waals surface area contributed by atoms with Crippen LogP contribution in [0.4, 0.5) is 0 Å². The van der Waals surface area contributed by atoms with E-state index in [2.05, 4.69) is 47.8 Å². The third-order valence-corrected chi connectivity index (χ3v) is 6.70. The molecule has 2 heterocycles. The monoisotopic (exact) mass is 512 g/mol. The highest BCUT2D eigenvalue weighted by atomic mass is 80.0. The Morgan fingerprint density at radius 1 is 1.30 bits per heavy atom. The first-order valence-electron chi connectivity index (χ1n) is 6.81. The van der Waals surface area contributed by atoms with Crippen molar-refractivity contribution in [3.05, 3.63) is 0 Å². The Bertz CT molecular complexity index is 384. The van der Waals surface area contributed by atoms with Crippen molar-refractivity contribution in [1.29, 1.82) is 0 Å². The van der Waals surface area contributed by atoms with Gasteiger partial charge in [0.05, 0.1) is 6.10 Å². The summed E-state index contributed by atoms with van der Waals surface area (Å²) in [5.41, 5.74) is 0. The number of rotatable bonds is 4. The zero-order chi connectivity index (χ0) is 15.1. The molecule has 0 aromatic rings. The van der Waals surface area contributed by atoms with E-state index in [0.717, 1.165) is 25.7 Å². The first-order chi connectivity index (χ1) is 9.16. The first-order valence-corrected chi connectivity index (χ1v) is 9.94. The van der Waals surface area contributed by atoms with Gasteiger partial charge in [-0.05, 0) is 31.6 Å². The van der Waals surface area contributed by atoms with Crippen LogP contribution in [-0.2, 0) is 9.53 Å². The molecule has 2 bridgehead atoms. The average molecular weight is 516 g/mol. The molecule has 3 fully saturated rings. The van der Waals surface area contributed by atoms with Gasteiger partial charge in [0.2, 0.25) is 0 Å². The van der Waals surface area contributed by atoms with Gasteiger partial charge in [-0.1, -0.05) is 84.3 Å². The molecule has 4 atom stereocenters. The van der Waals surface area contributed by atoms with Crippen LogP contribution in [0, 0.1) is 11.8 Å². The molecule has 0 radical (unpaired) electrons. The molecule has 3 rings (SSSR count). The Kier molecular flexibility index (Phi) is 5.98. The van der Waals surface area contributed by atoms with Crippen LogP contribution in [0.2, 0.25) is 0 Å². The molecular formula is C13H17Br3Cl2O2. The highest BCUT2D eigenvalue weighted by Crippen LogP contribution is 2.54. The van der Waals surface area contributed by atoms with Crippen LogP contribution in [0.25, 0.3) is 0 Å². The lowest BCUT2D eigenvalue weighted by Gasteiger charge is -2.49. The van der Waals surface area contributed by atoms with Crippen LogP contribution in [-0.4, -0.2) is 24.5 Å². The number of halogens is 5. The van der Waals surface area contributed by atoms with Crippen molar-refractivity contribution in [2.24, 2.45) is 11.8 Å². The SMILES string of the molecule is CCCC(Cl)(Cl)C(=O)C1OC2CCC1CC2C(Br)(Br)Br. The lowest BCUT2D eigenvalue weighted by atomic mass is 9.73. The summed E-state index contributed by atoms with van der Waals surface area (Å²) in [6, 6.07) is 0. The first kappa shape index (κ1) is 18.0. The molecule has 3 aliphatic rings. The number of alkyl halides is 5. The van der Waals surface area contributed by atoms with Crippen molar-refractivity contribution in [3.63, 3.8) is 0 Å². The van der Waals surface area contributed by atoms with Gasteiger partial charge in [-0.25, -0.2) is 0 Å². The fourth-order valence-corrected chi connectivity index (χ4v) is 5.22. The van der Waals surface area contributed by atoms with E-state index in [1.165, 1.54) is 0 Å². The average Bonchev–Trinajstić information content (AvgIpc) is 2.37. The standard InChI is InChI=1S/C13H17Br3Cl2O2/c1-2-5-12(17,18)11(19)10-7-3-4-9(20-10)8(6-7)13(14,15)16/h7-10H,2-6H2,1H3. The van der Waals surface area contributed by atoms with Crippen molar-refractivity contribution in [2.75, 3.05) is 0 Å². The van der Waals surface area contributed by atoms with Gasteiger partial charge in [0.15, 0.2) is 10.1 Å².